The highest BCUT2D eigenvalue weighted by atomic mass is 127. The summed E-state index contributed by atoms with van der Waals surface area (Å²) < 4.78 is 11.7. The third-order valence-corrected chi connectivity index (χ3v) is 5.78. The minimum Gasteiger partial charge on any atom is -0.496 e. The maximum absolute atomic E-state index is 6.14. The molecule has 1 aliphatic rings. The molecule has 2 atom stereocenters. The van der Waals surface area contributed by atoms with E-state index in [4.69, 9.17) is 9.47 Å². The first-order chi connectivity index (χ1) is 14.5. The predicted octanol–water partition coefficient (Wildman–Crippen LogP) is 4.47. The van der Waals surface area contributed by atoms with Gasteiger partial charge in [-0.2, -0.15) is 0 Å². The number of aliphatic imine (C=N–C) groups is 1. The van der Waals surface area contributed by atoms with Crippen LogP contribution in [0.15, 0.2) is 35.5 Å². The molecule has 31 heavy (non-hydrogen) atoms. The number of aryl methyl sites for hydroxylation is 2. The molecule has 0 spiro atoms. The van der Waals surface area contributed by atoms with Gasteiger partial charge < -0.3 is 20.1 Å². The molecule has 0 radical (unpaired) electrons. The van der Waals surface area contributed by atoms with Gasteiger partial charge in [-0.3, -0.25) is 9.98 Å². The summed E-state index contributed by atoms with van der Waals surface area (Å²) in [5, 5.41) is 6.86. The van der Waals surface area contributed by atoms with E-state index < -0.39 is 0 Å². The average molecular weight is 538 g/mol. The van der Waals surface area contributed by atoms with E-state index in [0.717, 1.165) is 54.5 Å². The van der Waals surface area contributed by atoms with Crippen molar-refractivity contribution in [1.29, 1.82) is 0 Å². The minimum absolute atomic E-state index is 0. The maximum atomic E-state index is 6.14. The fourth-order valence-electron chi connectivity index (χ4n) is 4.04. The van der Waals surface area contributed by atoms with Crippen molar-refractivity contribution in [2.24, 2.45) is 10.9 Å². The second kappa shape index (κ2) is 12.2. The summed E-state index contributed by atoms with van der Waals surface area (Å²) in [5.74, 6) is 2.06. The highest BCUT2D eigenvalue weighted by Crippen LogP contribution is 2.33. The number of nitrogens with zero attached hydrogens (tertiary/aromatic N) is 2. The van der Waals surface area contributed by atoms with Crippen LogP contribution in [0.5, 0.6) is 5.75 Å². The molecule has 3 rings (SSSR count). The Morgan fingerprint density at radius 3 is 2.61 bits per heavy atom. The summed E-state index contributed by atoms with van der Waals surface area (Å²) in [6, 6.07) is 8.68. The molecule has 0 amide bonds. The third kappa shape index (κ3) is 6.55. The largest absolute Gasteiger partial charge is 0.496 e. The molecule has 2 N–H and O–H groups in total. The summed E-state index contributed by atoms with van der Waals surface area (Å²) >= 11 is 0. The summed E-state index contributed by atoms with van der Waals surface area (Å²) in [6.07, 6.45) is 4.20. The van der Waals surface area contributed by atoms with Crippen LogP contribution < -0.4 is 15.4 Å². The van der Waals surface area contributed by atoms with Gasteiger partial charge in [0.15, 0.2) is 5.96 Å². The van der Waals surface area contributed by atoms with E-state index in [-0.39, 0.29) is 30.1 Å². The Bertz CT molecular complexity index is 871. The van der Waals surface area contributed by atoms with Crippen LogP contribution in [0.4, 0.5) is 0 Å². The number of hydrogen-bond donors (Lipinski definition) is 2. The van der Waals surface area contributed by atoms with Gasteiger partial charge >= 0.3 is 0 Å². The number of guanidine groups is 1. The SMILES string of the molecule is CN=C(NCc1ncc(C)c(OC)c1C)NCC1CCCOC1c1ccc(C)cc1.I. The van der Waals surface area contributed by atoms with Crippen molar-refractivity contribution < 1.29 is 9.47 Å². The van der Waals surface area contributed by atoms with Crippen LogP contribution in [0.25, 0.3) is 0 Å². The molecule has 2 unspecified atom stereocenters. The van der Waals surface area contributed by atoms with E-state index in [1.54, 1.807) is 14.2 Å². The Morgan fingerprint density at radius 1 is 1.19 bits per heavy atom. The van der Waals surface area contributed by atoms with Crippen molar-refractivity contribution in [2.75, 3.05) is 27.3 Å². The number of pyridine rings is 1. The molecule has 6 nitrogen and oxygen atoms in total. The molecule has 1 saturated heterocycles. The number of aromatic nitrogens is 1. The Kier molecular flexibility index (Phi) is 10.0. The first kappa shape index (κ1) is 25.4. The van der Waals surface area contributed by atoms with Crippen LogP contribution in [-0.4, -0.2) is 38.3 Å². The molecule has 0 aliphatic carbocycles. The Hall–Kier alpha value is -1.87. The summed E-state index contributed by atoms with van der Waals surface area (Å²) in [5.41, 5.74) is 5.58. The van der Waals surface area contributed by atoms with Gasteiger partial charge in [-0.25, -0.2) is 0 Å². The second-order valence-electron chi connectivity index (χ2n) is 7.96. The monoisotopic (exact) mass is 538 g/mol. The highest BCUT2D eigenvalue weighted by Gasteiger charge is 2.27. The fourth-order valence-corrected chi connectivity index (χ4v) is 4.04. The van der Waals surface area contributed by atoms with Gasteiger partial charge in [-0.05, 0) is 39.2 Å². The lowest BCUT2D eigenvalue weighted by molar-refractivity contribution is -0.0265. The molecule has 7 heteroatoms. The molecule has 1 aromatic carbocycles. The van der Waals surface area contributed by atoms with Gasteiger partial charge in [0.05, 0.1) is 25.5 Å². The molecular formula is C24H35IN4O2. The van der Waals surface area contributed by atoms with Crippen LogP contribution >= 0.6 is 24.0 Å². The van der Waals surface area contributed by atoms with E-state index in [1.165, 1.54) is 11.1 Å². The van der Waals surface area contributed by atoms with Crippen LogP contribution in [0.3, 0.4) is 0 Å². The first-order valence-electron chi connectivity index (χ1n) is 10.6. The first-order valence-corrected chi connectivity index (χ1v) is 10.6. The second-order valence-corrected chi connectivity index (χ2v) is 7.96. The number of benzene rings is 1. The average Bonchev–Trinajstić information content (AvgIpc) is 2.76. The summed E-state index contributed by atoms with van der Waals surface area (Å²) in [7, 11) is 3.49. The van der Waals surface area contributed by atoms with E-state index in [1.807, 2.05) is 20.0 Å². The topological polar surface area (TPSA) is 67.8 Å². The van der Waals surface area contributed by atoms with Gasteiger partial charge in [-0.15, -0.1) is 24.0 Å². The van der Waals surface area contributed by atoms with Gasteiger partial charge in [0.25, 0.3) is 0 Å². The standard InChI is InChI=1S/C24H34N4O2.HI/c1-16-8-10-19(11-9-16)23-20(7-6-12-30-23)14-27-24(25-4)28-15-21-18(3)22(29-5)17(2)13-26-21;/h8-11,13,20,23H,6-7,12,14-15H2,1-5H3,(H2,25,27,28);1H. The zero-order valence-corrected chi connectivity index (χ0v) is 21.5. The van der Waals surface area contributed by atoms with Crippen molar-refractivity contribution in [1.82, 2.24) is 15.6 Å². The quantitative estimate of drug-likeness (QED) is 0.323. The van der Waals surface area contributed by atoms with Crippen LogP contribution in [0.2, 0.25) is 0 Å². The highest BCUT2D eigenvalue weighted by molar-refractivity contribution is 14.0. The van der Waals surface area contributed by atoms with Crippen molar-refractivity contribution in [3.05, 3.63) is 58.4 Å². The molecule has 1 aliphatic heterocycles. The summed E-state index contributed by atoms with van der Waals surface area (Å²) in [4.78, 5) is 8.94. The number of hydrogen-bond acceptors (Lipinski definition) is 4. The van der Waals surface area contributed by atoms with Crippen molar-refractivity contribution in [3.63, 3.8) is 0 Å². The van der Waals surface area contributed by atoms with E-state index in [0.29, 0.717) is 12.5 Å². The molecule has 2 aromatic rings. The maximum Gasteiger partial charge on any atom is 0.191 e. The van der Waals surface area contributed by atoms with E-state index >= 15 is 0 Å². The van der Waals surface area contributed by atoms with Crippen molar-refractivity contribution >= 4 is 29.9 Å². The number of rotatable bonds is 6. The number of nitrogens with one attached hydrogen (secondary N) is 2. The molecule has 2 heterocycles. The third-order valence-electron chi connectivity index (χ3n) is 5.78. The molecule has 170 valence electrons. The van der Waals surface area contributed by atoms with Gasteiger partial charge in [0.2, 0.25) is 0 Å². The molecular weight excluding hydrogens is 503 g/mol. The van der Waals surface area contributed by atoms with Crippen LogP contribution in [0.1, 0.15) is 46.9 Å². The lowest BCUT2D eigenvalue weighted by Crippen LogP contribution is -2.41. The molecule has 0 saturated carbocycles. The number of halogens is 1. The normalized spacial score (nSPS) is 18.8. The van der Waals surface area contributed by atoms with Gasteiger partial charge in [-0.1, -0.05) is 29.8 Å². The van der Waals surface area contributed by atoms with Gasteiger partial charge in [0.1, 0.15) is 5.75 Å². The fraction of sp³-hybridized carbons (Fsp3) is 0.500. The Labute approximate surface area is 203 Å². The van der Waals surface area contributed by atoms with Crippen molar-refractivity contribution in [2.45, 2.75) is 46.3 Å². The minimum atomic E-state index is 0. The van der Waals surface area contributed by atoms with E-state index in [9.17, 15) is 0 Å². The van der Waals surface area contributed by atoms with E-state index in [2.05, 4.69) is 51.8 Å². The lowest BCUT2D eigenvalue weighted by atomic mass is 9.89. The van der Waals surface area contributed by atoms with Gasteiger partial charge in [0, 0.05) is 43.4 Å². The zero-order chi connectivity index (χ0) is 21.5. The lowest BCUT2D eigenvalue weighted by Gasteiger charge is -2.32. The Morgan fingerprint density at radius 2 is 1.94 bits per heavy atom. The van der Waals surface area contributed by atoms with Crippen LogP contribution in [-0.2, 0) is 11.3 Å². The Balaban J connectivity index is 0.00000341. The summed E-state index contributed by atoms with van der Waals surface area (Å²) in [6.45, 7) is 8.37. The number of ether oxygens (including phenoxy) is 2. The van der Waals surface area contributed by atoms with Crippen LogP contribution in [0, 0.1) is 26.7 Å². The molecule has 1 fully saturated rings. The molecule has 1 aromatic heterocycles. The molecule has 0 bridgehead atoms. The predicted molar refractivity (Wildman–Crippen MR) is 136 cm³/mol. The zero-order valence-electron chi connectivity index (χ0n) is 19.2. The smallest absolute Gasteiger partial charge is 0.191 e. The number of methoxy groups -OCH3 is 1. The van der Waals surface area contributed by atoms with Crippen molar-refractivity contribution in [3.8, 4) is 5.75 Å².